The van der Waals surface area contributed by atoms with Gasteiger partial charge in [0.05, 0.1) is 11.9 Å². The maximum absolute atomic E-state index is 4.35. The van der Waals surface area contributed by atoms with Crippen molar-refractivity contribution in [1.29, 1.82) is 0 Å². The van der Waals surface area contributed by atoms with Crippen LogP contribution in [-0.4, -0.2) is 23.5 Å². The monoisotopic (exact) mass is 229 g/mol. The molecule has 1 saturated heterocycles. The number of hydrogen-bond donors (Lipinski definition) is 0. The Bertz CT molecular complexity index is 411. The molecule has 90 valence electrons. The molecule has 0 amide bonds. The maximum Gasteiger partial charge on any atom is 0.105 e. The van der Waals surface area contributed by atoms with Crippen LogP contribution in [0, 0.1) is 0 Å². The van der Waals surface area contributed by atoms with E-state index in [1.54, 1.807) is 18.5 Å². The minimum atomic E-state index is 0.918. The van der Waals surface area contributed by atoms with Crippen LogP contribution < -0.4 is 0 Å². The third kappa shape index (κ3) is 3.55. The first-order valence-electron chi connectivity index (χ1n) is 5.66. The second-order valence-electron chi connectivity index (χ2n) is 3.68. The Morgan fingerprint density at radius 3 is 2.88 bits per heavy atom. The van der Waals surface area contributed by atoms with Crippen LogP contribution in [0.25, 0.3) is 0 Å². The van der Waals surface area contributed by atoms with Crippen LogP contribution in [-0.2, 0) is 0 Å². The largest absolute Gasteiger partial charge is 0.328 e. The van der Waals surface area contributed by atoms with Gasteiger partial charge in [-0.05, 0) is 31.9 Å². The first-order valence-corrected chi connectivity index (χ1v) is 5.66. The quantitative estimate of drug-likeness (QED) is 0.414. The minimum absolute atomic E-state index is 0.918. The molecule has 3 heteroatoms. The molecule has 3 nitrogen and oxygen atoms in total. The van der Waals surface area contributed by atoms with Gasteiger partial charge in [-0.25, -0.2) is 4.99 Å². The van der Waals surface area contributed by atoms with E-state index in [9.17, 15) is 0 Å². The zero-order chi connectivity index (χ0) is 12.7. The highest BCUT2D eigenvalue weighted by Gasteiger charge is 2.22. The van der Waals surface area contributed by atoms with Gasteiger partial charge in [0.15, 0.2) is 0 Å². The molecule has 0 atom stereocenters. The summed E-state index contributed by atoms with van der Waals surface area (Å²) in [6.45, 7) is 12.4. The van der Waals surface area contributed by atoms with E-state index in [0.717, 1.165) is 30.1 Å². The Morgan fingerprint density at radius 1 is 1.47 bits per heavy atom. The smallest absolute Gasteiger partial charge is 0.105 e. The fourth-order valence-electron chi connectivity index (χ4n) is 1.61. The van der Waals surface area contributed by atoms with Crippen molar-refractivity contribution in [2.45, 2.75) is 20.3 Å². The molecule has 17 heavy (non-hydrogen) atoms. The van der Waals surface area contributed by atoms with Gasteiger partial charge in [-0.1, -0.05) is 19.2 Å². The highest BCUT2D eigenvalue weighted by atomic mass is 15.2. The molecular formula is C14H19N3. The summed E-state index contributed by atoms with van der Waals surface area (Å²) in [4.78, 5) is 10.6. The molecule has 0 aromatic carbocycles. The molecule has 1 rings (SSSR count). The second kappa shape index (κ2) is 6.63. The average Bonchev–Trinajstić information content (AvgIpc) is 2.68. The van der Waals surface area contributed by atoms with Crippen molar-refractivity contribution in [3.8, 4) is 0 Å². The molecule has 0 radical (unpaired) electrons. The van der Waals surface area contributed by atoms with Crippen LogP contribution in [0.2, 0.25) is 0 Å². The van der Waals surface area contributed by atoms with Crippen LogP contribution in [0.15, 0.2) is 59.0 Å². The standard InChI is InChI=1S/C14H19N3/c1-5-7-9-16-13(4)17-10-8-12(3)14(17)11-15-6-2/h5-7,9,11H,1,3,8,10H2,2,4H3/b9-7-,14-11+,15-6?,16-13?. The number of amidine groups is 1. The van der Waals surface area contributed by atoms with Gasteiger partial charge in [0.2, 0.25) is 0 Å². The third-order valence-electron chi connectivity index (χ3n) is 2.51. The Morgan fingerprint density at radius 2 is 2.24 bits per heavy atom. The minimum Gasteiger partial charge on any atom is -0.328 e. The molecule has 0 spiro atoms. The molecule has 0 bridgehead atoms. The van der Waals surface area contributed by atoms with Gasteiger partial charge in [0.25, 0.3) is 0 Å². The third-order valence-corrected chi connectivity index (χ3v) is 2.51. The average molecular weight is 229 g/mol. The SMILES string of the molecule is C=C/C=C\N=C(C)N1CCC(=C)/C1=C\N=CC. The molecule has 0 aromatic heterocycles. The molecule has 0 saturated carbocycles. The Kier molecular flexibility index (Phi) is 5.14. The molecule has 0 N–H and O–H groups in total. The van der Waals surface area contributed by atoms with E-state index in [1.165, 1.54) is 0 Å². The van der Waals surface area contributed by atoms with E-state index in [0.29, 0.717) is 0 Å². The summed E-state index contributed by atoms with van der Waals surface area (Å²) in [5.74, 6) is 0.944. The number of nitrogens with zero attached hydrogens (tertiary/aromatic N) is 3. The number of likely N-dealkylation sites (tertiary alicyclic amines) is 1. The van der Waals surface area contributed by atoms with Crippen LogP contribution in [0.3, 0.4) is 0 Å². The zero-order valence-corrected chi connectivity index (χ0v) is 10.6. The highest BCUT2D eigenvalue weighted by Crippen LogP contribution is 2.26. The molecular weight excluding hydrogens is 210 g/mol. The van der Waals surface area contributed by atoms with Crippen molar-refractivity contribution < 1.29 is 0 Å². The predicted octanol–water partition coefficient (Wildman–Crippen LogP) is 3.30. The van der Waals surface area contributed by atoms with Crippen LogP contribution >= 0.6 is 0 Å². The van der Waals surface area contributed by atoms with Crippen molar-refractivity contribution in [2.75, 3.05) is 6.54 Å². The lowest BCUT2D eigenvalue weighted by Crippen LogP contribution is -2.23. The van der Waals surface area contributed by atoms with Crippen LogP contribution in [0.4, 0.5) is 0 Å². The summed E-state index contributed by atoms with van der Waals surface area (Å²) < 4.78 is 0. The lowest BCUT2D eigenvalue weighted by Gasteiger charge is -2.18. The van der Waals surface area contributed by atoms with Gasteiger partial charge in [0, 0.05) is 19.0 Å². The second-order valence-corrected chi connectivity index (χ2v) is 3.68. The number of rotatable bonds is 3. The van der Waals surface area contributed by atoms with Gasteiger partial charge < -0.3 is 4.90 Å². The summed E-state index contributed by atoms with van der Waals surface area (Å²) in [5, 5.41) is 0. The van der Waals surface area contributed by atoms with Crippen molar-refractivity contribution in [2.24, 2.45) is 9.98 Å². The molecule has 0 aromatic rings. The van der Waals surface area contributed by atoms with E-state index in [2.05, 4.69) is 28.0 Å². The summed E-state index contributed by atoms with van der Waals surface area (Å²) in [5.41, 5.74) is 2.16. The van der Waals surface area contributed by atoms with Gasteiger partial charge in [-0.2, -0.15) is 0 Å². The summed E-state index contributed by atoms with van der Waals surface area (Å²) in [6, 6.07) is 0. The van der Waals surface area contributed by atoms with Crippen molar-refractivity contribution in [3.05, 3.63) is 49.0 Å². The van der Waals surface area contributed by atoms with E-state index in [1.807, 2.05) is 26.1 Å². The Hall–Kier alpha value is -1.90. The predicted molar refractivity (Wildman–Crippen MR) is 75.2 cm³/mol. The molecule has 1 heterocycles. The highest BCUT2D eigenvalue weighted by molar-refractivity contribution is 5.83. The molecule has 0 aliphatic carbocycles. The first kappa shape index (κ1) is 13.2. The Labute approximate surface area is 103 Å². The molecule has 1 aliphatic heterocycles. The van der Waals surface area contributed by atoms with Gasteiger partial charge >= 0.3 is 0 Å². The van der Waals surface area contributed by atoms with Gasteiger partial charge in [0.1, 0.15) is 5.84 Å². The molecule has 1 aliphatic rings. The number of hydrogen-bond acceptors (Lipinski definition) is 2. The van der Waals surface area contributed by atoms with Gasteiger partial charge in [-0.3, -0.25) is 4.99 Å². The first-order chi connectivity index (χ1) is 8.20. The van der Waals surface area contributed by atoms with Gasteiger partial charge in [-0.15, -0.1) is 0 Å². The summed E-state index contributed by atoms with van der Waals surface area (Å²) >= 11 is 0. The van der Waals surface area contributed by atoms with Crippen molar-refractivity contribution in [3.63, 3.8) is 0 Å². The van der Waals surface area contributed by atoms with E-state index >= 15 is 0 Å². The molecule has 1 fully saturated rings. The van der Waals surface area contributed by atoms with Crippen molar-refractivity contribution in [1.82, 2.24) is 4.90 Å². The fourth-order valence-corrected chi connectivity index (χ4v) is 1.61. The summed E-state index contributed by atoms with van der Waals surface area (Å²) in [7, 11) is 0. The molecule has 0 unspecified atom stereocenters. The van der Waals surface area contributed by atoms with Crippen molar-refractivity contribution >= 4 is 12.1 Å². The lowest BCUT2D eigenvalue weighted by atomic mass is 10.2. The van der Waals surface area contributed by atoms with E-state index in [4.69, 9.17) is 0 Å². The maximum atomic E-state index is 4.35. The van der Waals surface area contributed by atoms with E-state index in [-0.39, 0.29) is 0 Å². The Balaban J connectivity index is 2.89. The topological polar surface area (TPSA) is 28.0 Å². The summed E-state index contributed by atoms with van der Waals surface area (Å²) in [6.07, 6.45) is 9.82. The number of allylic oxidation sites excluding steroid dienone is 3. The van der Waals surface area contributed by atoms with Crippen LogP contribution in [0.5, 0.6) is 0 Å². The van der Waals surface area contributed by atoms with Crippen LogP contribution in [0.1, 0.15) is 20.3 Å². The lowest BCUT2D eigenvalue weighted by molar-refractivity contribution is 0.584. The number of aliphatic imine (C=N–C) groups is 2. The van der Waals surface area contributed by atoms with E-state index < -0.39 is 0 Å². The normalized spacial score (nSPS) is 20.1. The zero-order valence-electron chi connectivity index (χ0n) is 10.6. The fraction of sp³-hybridized carbons (Fsp3) is 0.286.